The minimum atomic E-state index is 0.0798. The fourth-order valence-corrected chi connectivity index (χ4v) is 4.70. The maximum Gasteiger partial charge on any atom is 0.0608 e. The van der Waals surface area contributed by atoms with E-state index >= 15 is 0 Å². The van der Waals surface area contributed by atoms with Crippen molar-refractivity contribution in [2.24, 2.45) is 5.92 Å². The third-order valence-electron chi connectivity index (χ3n) is 5.67. The highest BCUT2D eigenvalue weighted by molar-refractivity contribution is 6.30. The lowest BCUT2D eigenvalue weighted by Gasteiger charge is -2.44. The molecular weight excluding hydrogens is 306 g/mol. The molecule has 4 atom stereocenters. The van der Waals surface area contributed by atoms with E-state index in [-0.39, 0.29) is 12.1 Å². The first-order chi connectivity index (χ1) is 11.2. The molecule has 0 aromatic heterocycles. The van der Waals surface area contributed by atoms with Gasteiger partial charge in [0.25, 0.3) is 0 Å². The summed E-state index contributed by atoms with van der Waals surface area (Å²) in [5.41, 5.74) is 2.57. The molecule has 23 heavy (non-hydrogen) atoms. The fourth-order valence-electron chi connectivity index (χ4n) is 4.58. The minimum Gasteiger partial charge on any atom is -0.313 e. The van der Waals surface area contributed by atoms with Crippen LogP contribution in [-0.2, 0) is 0 Å². The molecular formula is C20H22ClNO. The molecule has 3 heteroatoms. The van der Waals surface area contributed by atoms with Gasteiger partial charge in [-0.1, -0.05) is 60.5 Å². The summed E-state index contributed by atoms with van der Waals surface area (Å²) >= 11 is 6.06. The van der Waals surface area contributed by atoms with E-state index in [1.54, 1.807) is 5.06 Å². The van der Waals surface area contributed by atoms with Gasteiger partial charge in [-0.05, 0) is 54.4 Å². The molecule has 0 spiro atoms. The predicted octanol–water partition coefficient (Wildman–Crippen LogP) is 5.43. The van der Waals surface area contributed by atoms with Gasteiger partial charge in [0.1, 0.15) is 0 Å². The van der Waals surface area contributed by atoms with E-state index in [0.29, 0.717) is 11.8 Å². The Hall–Kier alpha value is -1.35. The van der Waals surface area contributed by atoms with E-state index in [9.17, 15) is 5.21 Å². The third kappa shape index (κ3) is 2.80. The van der Waals surface area contributed by atoms with Gasteiger partial charge in [-0.2, -0.15) is 5.06 Å². The Bertz CT molecular complexity index is 657. The molecule has 2 fully saturated rings. The maximum absolute atomic E-state index is 10.8. The summed E-state index contributed by atoms with van der Waals surface area (Å²) < 4.78 is 0. The van der Waals surface area contributed by atoms with Gasteiger partial charge in [0, 0.05) is 11.1 Å². The number of piperidine rings is 1. The number of rotatable bonds is 2. The lowest BCUT2D eigenvalue weighted by atomic mass is 9.74. The van der Waals surface area contributed by atoms with Crippen LogP contribution in [0, 0.1) is 5.92 Å². The molecule has 1 aliphatic carbocycles. The van der Waals surface area contributed by atoms with Crippen molar-refractivity contribution in [3.05, 3.63) is 70.7 Å². The highest BCUT2D eigenvalue weighted by Crippen LogP contribution is 2.50. The maximum atomic E-state index is 10.8. The van der Waals surface area contributed by atoms with E-state index in [1.807, 2.05) is 18.2 Å². The number of hydrogen-bond donors (Lipinski definition) is 1. The smallest absolute Gasteiger partial charge is 0.0608 e. The lowest BCUT2D eigenvalue weighted by Crippen LogP contribution is -2.45. The Balaban J connectivity index is 1.69. The van der Waals surface area contributed by atoms with Gasteiger partial charge in [0.05, 0.1) is 6.04 Å². The molecule has 0 bridgehead atoms. The first kappa shape index (κ1) is 15.2. The van der Waals surface area contributed by atoms with Crippen LogP contribution in [0.4, 0.5) is 0 Å². The van der Waals surface area contributed by atoms with Gasteiger partial charge in [-0.15, -0.1) is 0 Å². The third-order valence-corrected chi connectivity index (χ3v) is 5.92. The average molecular weight is 328 g/mol. The first-order valence-corrected chi connectivity index (χ1v) is 8.89. The molecule has 2 aliphatic rings. The molecule has 1 N–H and O–H groups in total. The Morgan fingerprint density at radius 1 is 0.913 bits per heavy atom. The first-order valence-electron chi connectivity index (χ1n) is 8.51. The molecule has 120 valence electrons. The molecule has 1 aliphatic heterocycles. The van der Waals surface area contributed by atoms with Crippen LogP contribution in [0.5, 0.6) is 0 Å². The zero-order chi connectivity index (χ0) is 15.8. The van der Waals surface area contributed by atoms with Crippen LogP contribution in [-0.4, -0.2) is 16.3 Å². The molecule has 0 unspecified atom stereocenters. The largest absolute Gasteiger partial charge is 0.313 e. The number of hydrogen-bond acceptors (Lipinski definition) is 2. The molecule has 2 aromatic rings. The number of fused-ring (bicyclic) bond motifs is 1. The van der Waals surface area contributed by atoms with Crippen molar-refractivity contribution in [3.8, 4) is 0 Å². The van der Waals surface area contributed by atoms with Crippen LogP contribution in [0.3, 0.4) is 0 Å². The van der Waals surface area contributed by atoms with Crippen LogP contribution < -0.4 is 0 Å². The summed E-state index contributed by atoms with van der Waals surface area (Å²) in [6, 6.07) is 19.1. The molecule has 2 aromatic carbocycles. The molecule has 1 saturated heterocycles. The molecule has 2 nitrogen and oxygen atoms in total. The van der Waals surface area contributed by atoms with Crippen molar-refractivity contribution in [1.82, 2.24) is 5.06 Å². The zero-order valence-corrected chi connectivity index (χ0v) is 13.9. The van der Waals surface area contributed by atoms with Crippen LogP contribution in [0.15, 0.2) is 54.6 Å². The van der Waals surface area contributed by atoms with Crippen molar-refractivity contribution in [2.75, 3.05) is 0 Å². The minimum absolute atomic E-state index is 0.0798. The van der Waals surface area contributed by atoms with E-state index in [2.05, 4.69) is 36.4 Å². The second-order valence-corrected chi connectivity index (χ2v) is 7.30. The normalized spacial score (nSPS) is 31.0. The molecule has 0 amide bonds. The quantitative estimate of drug-likeness (QED) is 0.795. The van der Waals surface area contributed by atoms with Gasteiger partial charge >= 0.3 is 0 Å². The Morgan fingerprint density at radius 2 is 1.65 bits per heavy atom. The van der Waals surface area contributed by atoms with Crippen LogP contribution >= 0.6 is 11.6 Å². The highest BCUT2D eigenvalue weighted by Gasteiger charge is 2.45. The molecule has 0 radical (unpaired) electrons. The second kappa shape index (κ2) is 6.27. The van der Waals surface area contributed by atoms with Crippen molar-refractivity contribution >= 4 is 11.6 Å². The van der Waals surface area contributed by atoms with E-state index in [1.165, 1.54) is 24.0 Å². The van der Waals surface area contributed by atoms with Crippen molar-refractivity contribution in [2.45, 2.75) is 43.7 Å². The summed E-state index contributed by atoms with van der Waals surface area (Å²) in [6.45, 7) is 0. The SMILES string of the molecule is ON1[C@@H](c2ccccc2)C[C@@H](c2ccc(Cl)cc2)[C@H]2CCC[C@H]21. The second-order valence-electron chi connectivity index (χ2n) is 6.86. The fraction of sp³-hybridized carbons (Fsp3) is 0.400. The van der Waals surface area contributed by atoms with E-state index < -0.39 is 0 Å². The number of hydroxylamine groups is 2. The molecule has 4 rings (SSSR count). The summed E-state index contributed by atoms with van der Waals surface area (Å²) in [6.07, 6.45) is 4.46. The number of benzene rings is 2. The van der Waals surface area contributed by atoms with Gasteiger partial charge in [0.2, 0.25) is 0 Å². The van der Waals surface area contributed by atoms with Crippen LogP contribution in [0.25, 0.3) is 0 Å². The topological polar surface area (TPSA) is 23.5 Å². The Kier molecular flexibility index (Phi) is 4.14. The van der Waals surface area contributed by atoms with E-state index in [0.717, 1.165) is 17.9 Å². The van der Waals surface area contributed by atoms with Crippen LogP contribution in [0.2, 0.25) is 5.02 Å². The summed E-state index contributed by atoms with van der Waals surface area (Å²) in [5, 5.41) is 13.3. The van der Waals surface area contributed by atoms with Crippen molar-refractivity contribution < 1.29 is 5.21 Å². The Labute approximate surface area is 142 Å². The lowest BCUT2D eigenvalue weighted by molar-refractivity contribution is -0.193. The summed E-state index contributed by atoms with van der Waals surface area (Å²) in [5.74, 6) is 1.04. The number of halogens is 1. The Morgan fingerprint density at radius 3 is 2.39 bits per heavy atom. The summed E-state index contributed by atoms with van der Waals surface area (Å²) in [7, 11) is 0. The van der Waals surface area contributed by atoms with E-state index in [4.69, 9.17) is 11.6 Å². The number of nitrogens with zero attached hydrogens (tertiary/aromatic N) is 1. The molecule has 1 heterocycles. The highest BCUT2D eigenvalue weighted by atomic mass is 35.5. The van der Waals surface area contributed by atoms with Gasteiger partial charge < -0.3 is 5.21 Å². The zero-order valence-electron chi connectivity index (χ0n) is 13.1. The molecule has 1 saturated carbocycles. The van der Waals surface area contributed by atoms with Gasteiger partial charge in [-0.3, -0.25) is 0 Å². The standard InChI is InChI=1S/C20H22ClNO/c21-16-11-9-14(10-12-16)18-13-20(15-5-2-1-3-6-15)22(23)19-8-4-7-17(18)19/h1-3,5-6,9-12,17-20,23H,4,7-8,13H2/t17-,18+,19-,20-/m1/s1. The van der Waals surface area contributed by atoms with Crippen molar-refractivity contribution in [1.29, 1.82) is 0 Å². The van der Waals surface area contributed by atoms with Crippen molar-refractivity contribution in [3.63, 3.8) is 0 Å². The predicted molar refractivity (Wildman–Crippen MR) is 92.7 cm³/mol. The van der Waals surface area contributed by atoms with Gasteiger partial charge in [0.15, 0.2) is 0 Å². The van der Waals surface area contributed by atoms with Crippen LogP contribution in [0.1, 0.15) is 48.8 Å². The monoisotopic (exact) mass is 327 g/mol. The summed E-state index contributed by atoms with van der Waals surface area (Å²) in [4.78, 5) is 0. The van der Waals surface area contributed by atoms with Gasteiger partial charge in [-0.25, -0.2) is 0 Å². The average Bonchev–Trinajstić information content (AvgIpc) is 3.07.